The number of anilines is 1. The number of nitrogens with one attached hydrogen (secondary N) is 1. The van der Waals surface area contributed by atoms with E-state index in [0.717, 1.165) is 26.8 Å². The zero-order chi connectivity index (χ0) is 24.5. The number of benzene rings is 2. The molecule has 34 heavy (non-hydrogen) atoms. The zero-order valence-electron chi connectivity index (χ0n) is 18.4. The molecule has 0 bridgehead atoms. The first-order valence-electron chi connectivity index (χ1n) is 10.3. The van der Waals surface area contributed by atoms with Gasteiger partial charge in [0, 0.05) is 10.9 Å². The number of hydrogen-bond acceptors (Lipinski definition) is 5. The number of carbonyl (C=O) groups is 3. The SMILES string of the molecule is COc1ccc(C2(C)NC(=O)N(CC(=O)N(Cc3cccs3)c3ccc(F)cc3F)C2=O)cc1. The molecular weight excluding hydrogens is 464 g/mol. The average molecular weight is 486 g/mol. The van der Waals surface area contributed by atoms with Crippen LogP contribution in [0.15, 0.2) is 60.0 Å². The van der Waals surface area contributed by atoms with Crippen LogP contribution in [0.3, 0.4) is 0 Å². The molecule has 1 unspecified atom stereocenters. The Hall–Kier alpha value is -3.79. The summed E-state index contributed by atoms with van der Waals surface area (Å²) in [5.74, 6) is -2.44. The van der Waals surface area contributed by atoms with E-state index in [1.807, 2.05) is 0 Å². The van der Waals surface area contributed by atoms with Crippen LogP contribution < -0.4 is 15.0 Å². The van der Waals surface area contributed by atoms with E-state index in [0.29, 0.717) is 17.4 Å². The van der Waals surface area contributed by atoms with E-state index in [1.165, 1.54) is 18.4 Å². The van der Waals surface area contributed by atoms with Gasteiger partial charge in [-0.2, -0.15) is 0 Å². The standard InChI is InChI=1S/C24H21F2N3O4S/c1-24(15-5-8-17(33-2)9-6-15)22(31)29(23(32)27-24)14-21(30)28(13-18-4-3-11-34-18)20-10-7-16(25)12-19(20)26/h3-12H,13-14H2,1-2H3,(H,27,32). The summed E-state index contributed by atoms with van der Waals surface area (Å²) in [6.45, 7) is 0.930. The van der Waals surface area contributed by atoms with Crippen LogP contribution in [0.5, 0.6) is 5.75 Å². The molecule has 1 atom stereocenters. The summed E-state index contributed by atoms with van der Waals surface area (Å²) in [6.07, 6.45) is 0. The van der Waals surface area contributed by atoms with Gasteiger partial charge >= 0.3 is 6.03 Å². The monoisotopic (exact) mass is 485 g/mol. The summed E-state index contributed by atoms with van der Waals surface area (Å²) in [7, 11) is 1.51. The number of ether oxygens (including phenoxy) is 1. The third kappa shape index (κ3) is 4.36. The molecule has 0 aliphatic carbocycles. The van der Waals surface area contributed by atoms with Crippen molar-refractivity contribution in [3.63, 3.8) is 0 Å². The molecular formula is C24H21F2N3O4S. The quantitative estimate of drug-likeness (QED) is 0.513. The van der Waals surface area contributed by atoms with Crippen molar-refractivity contribution in [2.24, 2.45) is 0 Å². The first kappa shape index (κ1) is 23.4. The molecule has 1 N–H and O–H groups in total. The van der Waals surface area contributed by atoms with Crippen molar-refractivity contribution in [3.8, 4) is 5.75 Å². The molecule has 2 heterocycles. The van der Waals surface area contributed by atoms with Crippen molar-refractivity contribution >= 4 is 34.9 Å². The van der Waals surface area contributed by atoms with E-state index < -0.39 is 41.6 Å². The smallest absolute Gasteiger partial charge is 0.325 e. The van der Waals surface area contributed by atoms with Crippen molar-refractivity contribution in [2.75, 3.05) is 18.6 Å². The summed E-state index contributed by atoms with van der Waals surface area (Å²) >= 11 is 1.36. The van der Waals surface area contributed by atoms with E-state index >= 15 is 0 Å². The highest BCUT2D eigenvalue weighted by Gasteiger charge is 2.49. The van der Waals surface area contributed by atoms with Crippen LogP contribution in [0.4, 0.5) is 19.3 Å². The summed E-state index contributed by atoms with van der Waals surface area (Å²) < 4.78 is 33.1. The second-order valence-electron chi connectivity index (χ2n) is 7.83. The fourth-order valence-corrected chi connectivity index (χ4v) is 4.44. The largest absolute Gasteiger partial charge is 0.497 e. The molecule has 2 aromatic carbocycles. The van der Waals surface area contributed by atoms with Gasteiger partial charge < -0.3 is 15.0 Å². The first-order chi connectivity index (χ1) is 16.2. The molecule has 1 aromatic heterocycles. The molecule has 1 aliphatic rings. The van der Waals surface area contributed by atoms with Gasteiger partial charge in [0.05, 0.1) is 19.3 Å². The number of thiophene rings is 1. The maximum Gasteiger partial charge on any atom is 0.325 e. The minimum absolute atomic E-state index is 0.00154. The van der Waals surface area contributed by atoms with Gasteiger partial charge in [-0.05, 0) is 48.2 Å². The van der Waals surface area contributed by atoms with Gasteiger partial charge in [-0.25, -0.2) is 13.6 Å². The lowest BCUT2D eigenvalue weighted by atomic mass is 9.92. The lowest BCUT2D eigenvalue weighted by Crippen LogP contribution is -2.44. The lowest BCUT2D eigenvalue weighted by Gasteiger charge is -2.25. The van der Waals surface area contributed by atoms with Gasteiger partial charge in [0.2, 0.25) is 5.91 Å². The average Bonchev–Trinajstić information content (AvgIpc) is 3.40. The van der Waals surface area contributed by atoms with E-state index in [4.69, 9.17) is 4.74 Å². The first-order valence-corrected chi connectivity index (χ1v) is 11.2. The molecule has 4 amide bonds. The number of amides is 4. The van der Waals surface area contributed by atoms with E-state index in [1.54, 1.807) is 48.7 Å². The predicted octanol–water partition coefficient (Wildman–Crippen LogP) is 4.04. The summed E-state index contributed by atoms with van der Waals surface area (Å²) in [5.41, 5.74) is -1.02. The molecule has 176 valence electrons. The molecule has 3 aromatic rings. The fraction of sp³-hybridized carbons (Fsp3) is 0.208. The van der Waals surface area contributed by atoms with Gasteiger partial charge in [-0.3, -0.25) is 14.5 Å². The topological polar surface area (TPSA) is 79.0 Å². The number of imide groups is 1. The van der Waals surface area contributed by atoms with Crippen LogP contribution in [-0.2, 0) is 21.7 Å². The van der Waals surface area contributed by atoms with Crippen molar-refractivity contribution in [2.45, 2.75) is 19.0 Å². The highest BCUT2D eigenvalue weighted by Crippen LogP contribution is 2.31. The second kappa shape index (κ2) is 9.22. The molecule has 4 rings (SSSR count). The molecule has 7 nitrogen and oxygen atoms in total. The Morgan fingerprint density at radius 2 is 1.88 bits per heavy atom. The van der Waals surface area contributed by atoms with Gasteiger partial charge in [0.25, 0.3) is 5.91 Å². The summed E-state index contributed by atoms with van der Waals surface area (Å²) in [4.78, 5) is 41.8. The highest BCUT2D eigenvalue weighted by molar-refractivity contribution is 7.09. The van der Waals surface area contributed by atoms with E-state index in [2.05, 4.69) is 5.32 Å². The molecule has 1 aliphatic heterocycles. The number of halogens is 2. The Labute approximate surface area is 198 Å². The van der Waals surface area contributed by atoms with Crippen LogP contribution in [0.1, 0.15) is 17.4 Å². The Kier molecular flexibility index (Phi) is 6.34. The highest BCUT2D eigenvalue weighted by atomic mass is 32.1. The lowest BCUT2D eigenvalue weighted by molar-refractivity contribution is -0.134. The summed E-state index contributed by atoms with van der Waals surface area (Å²) in [6, 6.07) is 12.3. The zero-order valence-corrected chi connectivity index (χ0v) is 19.2. The number of rotatable bonds is 7. The predicted molar refractivity (Wildman–Crippen MR) is 122 cm³/mol. The van der Waals surface area contributed by atoms with Crippen molar-refractivity contribution < 1.29 is 27.9 Å². The minimum atomic E-state index is -1.39. The molecule has 1 fully saturated rings. The van der Waals surface area contributed by atoms with Crippen molar-refractivity contribution in [1.82, 2.24) is 10.2 Å². The Balaban J connectivity index is 1.60. The van der Waals surface area contributed by atoms with Gasteiger partial charge in [0.15, 0.2) is 0 Å². The van der Waals surface area contributed by atoms with Gasteiger partial charge in [-0.1, -0.05) is 18.2 Å². The maximum absolute atomic E-state index is 14.6. The van der Waals surface area contributed by atoms with Crippen LogP contribution in [-0.4, -0.2) is 36.4 Å². The van der Waals surface area contributed by atoms with Gasteiger partial charge in [0.1, 0.15) is 29.5 Å². The van der Waals surface area contributed by atoms with Crippen molar-refractivity contribution in [3.05, 3.63) is 82.1 Å². The third-order valence-electron chi connectivity index (χ3n) is 5.63. The van der Waals surface area contributed by atoms with Gasteiger partial charge in [-0.15, -0.1) is 11.3 Å². The number of urea groups is 1. The number of hydrogen-bond donors (Lipinski definition) is 1. The summed E-state index contributed by atoms with van der Waals surface area (Å²) in [5, 5.41) is 4.44. The molecule has 0 spiro atoms. The fourth-order valence-electron chi connectivity index (χ4n) is 3.75. The number of nitrogens with zero attached hydrogens (tertiary/aromatic N) is 2. The second-order valence-corrected chi connectivity index (χ2v) is 8.86. The normalized spacial score (nSPS) is 17.6. The van der Waals surface area contributed by atoms with Crippen molar-refractivity contribution in [1.29, 1.82) is 0 Å². The number of methoxy groups -OCH3 is 1. The number of carbonyl (C=O) groups excluding carboxylic acids is 3. The van der Waals surface area contributed by atoms with Crippen LogP contribution in [0.25, 0.3) is 0 Å². The molecule has 10 heteroatoms. The molecule has 0 saturated carbocycles. The van der Waals surface area contributed by atoms with Crippen LogP contribution in [0, 0.1) is 11.6 Å². The Bertz CT molecular complexity index is 1230. The molecule has 0 radical (unpaired) electrons. The molecule has 1 saturated heterocycles. The Morgan fingerprint density at radius 1 is 1.15 bits per heavy atom. The van der Waals surface area contributed by atoms with Crippen LogP contribution in [0.2, 0.25) is 0 Å². The van der Waals surface area contributed by atoms with E-state index in [9.17, 15) is 23.2 Å². The maximum atomic E-state index is 14.6. The minimum Gasteiger partial charge on any atom is -0.497 e. The van der Waals surface area contributed by atoms with E-state index in [-0.39, 0.29) is 12.2 Å². The Morgan fingerprint density at radius 3 is 2.50 bits per heavy atom. The van der Waals surface area contributed by atoms with Crippen LogP contribution >= 0.6 is 11.3 Å². The third-order valence-corrected chi connectivity index (χ3v) is 6.49.